The fourth-order valence-electron chi connectivity index (χ4n) is 2.32. The monoisotopic (exact) mass is 387 g/mol. The van der Waals surface area contributed by atoms with Crippen LogP contribution in [0.4, 0.5) is 22.0 Å². The molecule has 144 valence electrons. The van der Waals surface area contributed by atoms with Gasteiger partial charge in [0.25, 0.3) is 5.91 Å². The lowest BCUT2D eigenvalue weighted by molar-refractivity contribution is -0.143. The number of esters is 1. The second kappa shape index (κ2) is 8.15. The van der Waals surface area contributed by atoms with Crippen LogP contribution in [0, 0.1) is 11.6 Å². The zero-order valence-electron chi connectivity index (χ0n) is 13.9. The molecule has 0 bridgehead atoms. The number of methoxy groups -OCH3 is 1. The first-order valence-electron chi connectivity index (χ1n) is 7.62. The molecule has 0 spiro atoms. The first kappa shape index (κ1) is 20.3. The molecular weight excluding hydrogens is 373 g/mol. The Bertz CT molecular complexity index is 834. The number of alkyl halides is 3. The van der Waals surface area contributed by atoms with E-state index >= 15 is 0 Å². The minimum absolute atomic E-state index is 0.201. The first-order valence-corrected chi connectivity index (χ1v) is 7.62. The Kier molecular flexibility index (Phi) is 6.14. The molecule has 2 aromatic carbocycles. The number of benzene rings is 2. The van der Waals surface area contributed by atoms with Crippen LogP contribution in [-0.4, -0.2) is 25.0 Å². The number of rotatable bonds is 5. The molecule has 2 aromatic rings. The summed E-state index contributed by atoms with van der Waals surface area (Å²) in [6.07, 6.45) is -4.71. The van der Waals surface area contributed by atoms with Crippen molar-refractivity contribution >= 4 is 11.9 Å². The maximum atomic E-state index is 13.7. The van der Waals surface area contributed by atoms with Gasteiger partial charge in [-0.15, -0.1) is 0 Å². The van der Waals surface area contributed by atoms with Crippen LogP contribution in [0.3, 0.4) is 0 Å². The van der Waals surface area contributed by atoms with Gasteiger partial charge >= 0.3 is 12.1 Å². The molecule has 1 atom stereocenters. The van der Waals surface area contributed by atoms with Crippen molar-refractivity contribution in [2.24, 2.45) is 0 Å². The summed E-state index contributed by atoms with van der Waals surface area (Å²) in [6, 6.07) is 5.63. The average molecular weight is 387 g/mol. The Balaban J connectivity index is 2.19. The second-order valence-corrected chi connectivity index (χ2v) is 5.55. The summed E-state index contributed by atoms with van der Waals surface area (Å²) in [5.74, 6) is -4.57. The molecule has 9 heteroatoms. The standard InChI is InChI=1S/C18H14F5NO3/c1-27-17(26)14(9-10-5-7-11(8-6-10)18(21,22)23)24-16(25)12-3-2-4-13(19)15(12)20/h2-8,14H,9H2,1H3,(H,24,25)/t14-/m1/s1. The number of amides is 1. The van der Waals surface area contributed by atoms with Gasteiger partial charge in [-0.2, -0.15) is 13.2 Å². The minimum Gasteiger partial charge on any atom is -0.467 e. The van der Waals surface area contributed by atoms with E-state index in [2.05, 4.69) is 10.1 Å². The van der Waals surface area contributed by atoms with Crippen molar-refractivity contribution in [2.45, 2.75) is 18.6 Å². The topological polar surface area (TPSA) is 55.4 Å². The van der Waals surface area contributed by atoms with Gasteiger partial charge in [-0.25, -0.2) is 13.6 Å². The first-order chi connectivity index (χ1) is 12.6. The maximum absolute atomic E-state index is 13.7. The van der Waals surface area contributed by atoms with E-state index < -0.39 is 46.9 Å². The van der Waals surface area contributed by atoms with Crippen LogP contribution in [0.1, 0.15) is 21.5 Å². The lowest BCUT2D eigenvalue weighted by atomic mass is 10.0. The van der Waals surface area contributed by atoms with Gasteiger partial charge in [0.15, 0.2) is 11.6 Å². The van der Waals surface area contributed by atoms with E-state index in [0.29, 0.717) is 5.56 Å². The maximum Gasteiger partial charge on any atom is 0.416 e. The molecule has 0 aliphatic carbocycles. The molecule has 0 aromatic heterocycles. The Morgan fingerprint density at radius 1 is 1.07 bits per heavy atom. The second-order valence-electron chi connectivity index (χ2n) is 5.55. The van der Waals surface area contributed by atoms with Crippen molar-refractivity contribution in [1.29, 1.82) is 0 Å². The van der Waals surface area contributed by atoms with E-state index in [-0.39, 0.29) is 6.42 Å². The highest BCUT2D eigenvalue weighted by Crippen LogP contribution is 2.29. The van der Waals surface area contributed by atoms with Gasteiger partial charge in [0.2, 0.25) is 0 Å². The molecule has 4 nitrogen and oxygen atoms in total. The molecule has 0 saturated carbocycles. The molecule has 1 amide bonds. The number of hydrogen-bond donors (Lipinski definition) is 1. The molecule has 2 rings (SSSR count). The molecule has 0 radical (unpaired) electrons. The Hall–Kier alpha value is -2.97. The van der Waals surface area contributed by atoms with Crippen LogP contribution in [0.5, 0.6) is 0 Å². The van der Waals surface area contributed by atoms with Gasteiger partial charge < -0.3 is 10.1 Å². The van der Waals surface area contributed by atoms with E-state index in [0.717, 1.165) is 49.6 Å². The van der Waals surface area contributed by atoms with Crippen LogP contribution in [0.2, 0.25) is 0 Å². The molecule has 0 heterocycles. The van der Waals surface area contributed by atoms with Crippen LogP contribution in [0.15, 0.2) is 42.5 Å². The van der Waals surface area contributed by atoms with Gasteiger partial charge in [-0.05, 0) is 29.8 Å². The van der Waals surface area contributed by atoms with Crippen molar-refractivity contribution in [2.75, 3.05) is 7.11 Å². The summed E-state index contributed by atoms with van der Waals surface area (Å²) in [4.78, 5) is 24.0. The molecule has 0 aliphatic heterocycles. The highest BCUT2D eigenvalue weighted by atomic mass is 19.4. The number of halogens is 5. The van der Waals surface area contributed by atoms with E-state index in [4.69, 9.17) is 0 Å². The van der Waals surface area contributed by atoms with Gasteiger partial charge in [-0.1, -0.05) is 18.2 Å². The Morgan fingerprint density at radius 2 is 1.70 bits per heavy atom. The van der Waals surface area contributed by atoms with Gasteiger partial charge in [-0.3, -0.25) is 4.79 Å². The summed E-state index contributed by atoms with van der Waals surface area (Å²) in [6.45, 7) is 0. The van der Waals surface area contributed by atoms with Gasteiger partial charge in [0.1, 0.15) is 6.04 Å². The number of ether oxygens (including phenoxy) is 1. The highest BCUT2D eigenvalue weighted by Gasteiger charge is 2.30. The predicted molar refractivity (Wildman–Crippen MR) is 84.8 cm³/mol. The van der Waals surface area contributed by atoms with Crippen LogP contribution in [0.25, 0.3) is 0 Å². The molecule has 1 N–H and O–H groups in total. The molecule has 0 unspecified atom stereocenters. The quantitative estimate of drug-likeness (QED) is 0.631. The van der Waals surface area contributed by atoms with Crippen molar-refractivity contribution in [3.63, 3.8) is 0 Å². The third-order valence-electron chi connectivity index (χ3n) is 3.71. The summed E-state index contributed by atoms with van der Waals surface area (Å²) in [5.41, 5.74) is -1.18. The lowest BCUT2D eigenvalue weighted by Crippen LogP contribution is -2.43. The number of nitrogens with one attached hydrogen (secondary N) is 1. The minimum atomic E-state index is -4.51. The van der Waals surface area contributed by atoms with Crippen LogP contribution in [-0.2, 0) is 22.1 Å². The predicted octanol–water partition coefficient (Wildman–Crippen LogP) is 3.50. The van der Waals surface area contributed by atoms with Crippen LogP contribution < -0.4 is 5.32 Å². The van der Waals surface area contributed by atoms with Crippen molar-refractivity contribution in [3.8, 4) is 0 Å². The third kappa shape index (κ3) is 5.02. The van der Waals surface area contributed by atoms with E-state index in [1.165, 1.54) is 0 Å². The number of carbonyl (C=O) groups excluding carboxylic acids is 2. The zero-order valence-corrected chi connectivity index (χ0v) is 13.9. The number of hydrogen-bond acceptors (Lipinski definition) is 3. The summed E-state index contributed by atoms with van der Waals surface area (Å²) in [5, 5.41) is 2.20. The molecule has 27 heavy (non-hydrogen) atoms. The van der Waals surface area contributed by atoms with Gasteiger partial charge in [0, 0.05) is 6.42 Å². The zero-order chi connectivity index (χ0) is 20.2. The smallest absolute Gasteiger partial charge is 0.416 e. The largest absolute Gasteiger partial charge is 0.467 e. The SMILES string of the molecule is COC(=O)[C@@H](Cc1ccc(C(F)(F)F)cc1)NC(=O)c1cccc(F)c1F. The Labute approximate surface area is 150 Å². The molecular formula is C18H14F5NO3. The Morgan fingerprint density at radius 3 is 2.26 bits per heavy atom. The summed E-state index contributed by atoms with van der Waals surface area (Å²) >= 11 is 0. The summed E-state index contributed by atoms with van der Waals surface area (Å²) in [7, 11) is 1.05. The normalized spacial score (nSPS) is 12.4. The van der Waals surface area contributed by atoms with Crippen LogP contribution >= 0.6 is 0 Å². The fraction of sp³-hybridized carbons (Fsp3) is 0.222. The van der Waals surface area contributed by atoms with E-state index in [1.807, 2.05) is 0 Å². The van der Waals surface area contributed by atoms with E-state index in [1.54, 1.807) is 0 Å². The van der Waals surface area contributed by atoms with E-state index in [9.17, 15) is 31.5 Å². The number of carbonyl (C=O) groups is 2. The average Bonchev–Trinajstić information content (AvgIpc) is 2.62. The summed E-state index contributed by atoms with van der Waals surface area (Å²) < 4.78 is 69.3. The fourth-order valence-corrected chi connectivity index (χ4v) is 2.32. The third-order valence-corrected chi connectivity index (χ3v) is 3.71. The molecule has 0 aliphatic rings. The van der Waals surface area contributed by atoms with Crippen molar-refractivity contribution < 1.29 is 36.3 Å². The van der Waals surface area contributed by atoms with Crippen molar-refractivity contribution in [3.05, 3.63) is 70.8 Å². The molecule has 0 fully saturated rings. The highest BCUT2D eigenvalue weighted by molar-refractivity contribution is 5.97. The lowest BCUT2D eigenvalue weighted by Gasteiger charge is -2.17. The van der Waals surface area contributed by atoms with Crippen molar-refractivity contribution in [1.82, 2.24) is 5.32 Å². The van der Waals surface area contributed by atoms with Gasteiger partial charge in [0.05, 0.1) is 18.2 Å². The molecule has 0 saturated heterocycles.